The molecule has 0 aromatic heterocycles. The fourth-order valence-electron chi connectivity index (χ4n) is 5.69. The number of alkyl carbamates (subject to hydrolysis) is 2. The van der Waals surface area contributed by atoms with Crippen LogP contribution in [0.15, 0.2) is 102 Å². The number of nitrogens with zero attached hydrogens (tertiary/aromatic N) is 1. The lowest BCUT2D eigenvalue weighted by Crippen LogP contribution is -2.71. The number of thioether (sulfide) groups is 2. The molecule has 1 saturated heterocycles. The summed E-state index contributed by atoms with van der Waals surface area (Å²) < 4.78 is 17.0. The van der Waals surface area contributed by atoms with Gasteiger partial charge in [-0.25, -0.2) is 14.4 Å². The number of benzene rings is 3. The Labute approximate surface area is 324 Å². The largest absolute Gasteiger partial charge is 0.448 e. The number of esters is 1. The number of hydrogen-bond acceptors (Lipinski definition) is 10. The first-order chi connectivity index (χ1) is 25.6. The van der Waals surface area contributed by atoms with Gasteiger partial charge in [0.1, 0.15) is 34.4 Å². The average Bonchev–Trinajstić information content (AvgIpc) is 3.12. The molecule has 2 aliphatic heterocycles. The van der Waals surface area contributed by atoms with Gasteiger partial charge in [-0.15, -0.1) is 23.5 Å². The Bertz CT molecular complexity index is 1810. The van der Waals surface area contributed by atoms with Crippen LogP contribution >= 0.6 is 23.5 Å². The van der Waals surface area contributed by atoms with Gasteiger partial charge in [-0.1, -0.05) is 91.0 Å². The highest BCUT2D eigenvalue weighted by Gasteiger charge is 2.55. The molecule has 3 aromatic rings. The van der Waals surface area contributed by atoms with E-state index in [0.29, 0.717) is 22.0 Å². The van der Waals surface area contributed by atoms with Crippen LogP contribution in [0.5, 0.6) is 0 Å². The van der Waals surface area contributed by atoms with Gasteiger partial charge in [-0.05, 0) is 58.2 Å². The van der Waals surface area contributed by atoms with Crippen molar-refractivity contribution in [3.63, 3.8) is 0 Å². The topological polar surface area (TPSA) is 152 Å². The van der Waals surface area contributed by atoms with Crippen LogP contribution in [-0.4, -0.2) is 75.5 Å². The average molecular weight is 775 g/mol. The van der Waals surface area contributed by atoms with Crippen LogP contribution in [0.3, 0.4) is 0 Å². The third kappa shape index (κ3) is 10.6. The molecule has 5 rings (SSSR count). The van der Waals surface area contributed by atoms with E-state index in [1.807, 2.05) is 60.7 Å². The van der Waals surface area contributed by atoms with E-state index in [0.717, 1.165) is 11.1 Å². The number of nitrogens with one attached hydrogen (secondary N) is 3. The predicted molar refractivity (Wildman–Crippen MR) is 208 cm³/mol. The second-order valence-electron chi connectivity index (χ2n) is 14.5. The summed E-state index contributed by atoms with van der Waals surface area (Å²) >= 11 is 2.72. The van der Waals surface area contributed by atoms with Crippen LogP contribution in [0.4, 0.5) is 9.59 Å². The molecule has 4 amide bonds. The molecule has 3 N–H and O–H groups in total. The normalized spacial score (nSPS) is 17.5. The minimum absolute atomic E-state index is 0.0832. The summed E-state index contributed by atoms with van der Waals surface area (Å²) in [5.74, 6) is -1.10. The zero-order valence-electron chi connectivity index (χ0n) is 31.1. The van der Waals surface area contributed by atoms with E-state index in [2.05, 4.69) is 16.0 Å². The summed E-state index contributed by atoms with van der Waals surface area (Å²) in [6.07, 6.45) is -2.12. The van der Waals surface area contributed by atoms with Gasteiger partial charge in [-0.2, -0.15) is 0 Å². The molecule has 0 bridgehead atoms. The second kappa shape index (κ2) is 17.5. The molecule has 12 nitrogen and oxygen atoms in total. The molecule has 1 unspecified atom stereocenters. The number of carbonyl (C=O) groups is 5. The van der Waals surface area contributed by atoms with Crippen molar-refractivity contribution in [2.75, 3.05) is 18.1 Å². The third-order valence-corrected chi connectivity index (χ3v) is 10.5. The molecule has 3 aromatic carbocycles. The Morgan fingerprint density at radius 3 is 1.85 bits per heavy atom. The van der Waals surface area contributed by atoms with E-state index in [4.69, 9.17) is 14.2 Å². The SMILES string of the molecule is CC(C)(C)OC(=O)NCCSC1=C(C(=O)OC(c2ccccc2)c2ccccc2)N2C(=O)[C@@H](NC(=O)C(NC(=O)OC(C)(C)C)c3ccccc3)[C@@H]2SC1. The van der Waals surface area contributed by atoms with Gasteiger partial charge < -0.3 is 30.2 Å². The summed E-state index contributed by atoms with van der Waals surface area (Å²) in [5, 5.41) is 7.55. The van der Waals surface area contributed by atoms with Crippen LogP contribution in [0.25, 0.3) is 0 Å². The molecule has 54 heavy (non-hydrogen) atoms. The van der Waals surface area contributed by atoms with Crippen molar-refractivity contribution in [3.8, 4) is 0 Å². The second-order valence-corrected chi connectivity index (χ2v) is 16.8. The zero-order valence-corrected chi connectivity index (χ0v) is 32.8. The number of fused-ring (bicyclic) bond motifs is 1. The van der Waals surface area contributed by atoms with Crippen LogP contribution in [0.1, 0.15) is 70.4 Å². The van der Waals surface area contributed by atoms with E-state index in [1.54, 1.807) is 71.9 Å². The first kappa shape index (κ1) is 40.2. The molecule has 1 fully saturated rings. The Kier molecular flexibility index (Phi) is 13.0. The molecule has 0 aliphatic carbocycles. The summed E-state index contributed by atoms with van der Waals surface area (Å²) in [7, 11) is 0. The smallest absolute Gasteiger partial charge is 0.408 e. The van der Waals surface area contributed by atoms with Crippen molar-refractivity contribution in [2.24, 2.45) is 0 Å². The van der Waals surface area contributed by atoms with E-state index in [1.165, 1.54) is 28.4 Å². The molecular weight excluding hydrogens is 729 g/mol. The lowest BCUT2D eigenvalue weighted by atomic mass is 10.0. The number of amides is 4. The lowest BCUT2D eigenvalue weighted by Gasteiger charge is -2.50. The molecule has 0 spiro atoms. The van der Waals surface area contributed by atoms with Crippen molar-refractivity contribution in [2.45, 2.75) is 76.3 Å². The molecule has 2 aliphatic rings. The fraction of sp³-hybridized carbons (Fsp3) is 0.375. The van der Waals surface area contributed by atoms with Gasteiger partial charge in [0.05, 0.1) is 0 Å². The van der Waals surface area contributed by atoms with E-state index in [-0.39, 0.29) is 12.2 Å². The molecule has 3 atom stereocenters. The van der Waals surface area contributed by atoms with Gasteiger partial charge >= 0.3 is 18.2 Å². The maximum absolute atomic E-state index is 14.3. The van der Waals surface area contributed by atoms with Crippen molar-refractivity contribution in [3.05, 3.63) is 118 Å². The van der Waals surface area contributed by atoms with Crippen molar-refractivity contribution in [1.82, 2.24) is 20.9 Å². The lowest BCUT2D eigenvalue weighted by molar-refractivity contribution is -0.154. The van der Waals surface area contributed by atoms with Gasteiger partial charge in [-0.3, -0.25) is 14.5 Å². The maximum Gasteiger partial charge on any atom is 0.408 e. The van der Waals surface area contributed by atoms with E-state index < -0.39 is 64.7 Å². The zero-order chi connectivity index (χ0) is 39.0. The predicted octanol–water partition coefficient (Wildman–Crippen LogP) is 6.45. The van der Waals surface area contributed by atoms with Gasteiger partial charge in [0, 0.05) is 23.0 Å². The Morgan fingerprint density at radius 1 is 0.796 bits per heavy atom. The monoisotopic (exact) mass is 774 g/mol. The highest BCUT2D eigenvalue weighted by atomic mass is 32.2. The Balaban J connectivity index is 1.38. The number of rotatable bonds is 12. The van der Waals surface area contributed by atoms with Gasteiger partial charge in [0.25, 0.3) is 5.91 Å². The number of carbonyl (C=O) groups excluding carboxylic acids is 5. The van der Waals surface area contributed by atoms with Crippen LogP contribution in [0, 0.1) is 0 Å². The number of ether oxygens (including phenoxy) is 3. The minimum Gasteiger partial charge on any atom is -0.448 e. The molecule has 0 saturated carbocycles. The number of hydrogen-bond donors (Lipinski definition) is 3. The van der Waals surface area contributed by atoms with Gasteiger partial charge in [0.15, 0.2) is 6.10 Å². The summed E-state index contributed by atoms with van der Waals surface area (Å²) in [6.45, 7) is 10.7. The van der Waals surface area contributed by atoms with Crippen molar-refractivity contribution >= 4 is 53.5 Å². The van der Waals surface area contributed by atoms with Crippen LogP contribution in [-0.2, 0) is 28.6 Å². The molecular formula is C40H46N4O8S2. The Hall–Kier alpha value is -4.95. The number of β-lactam (4-membered cyclic amide) rings is 1. The van der Waals surface area contributed by atoms with Crippen LogP contribution < -0.4 is 16.0 Å². The highest BCUT2D eigenvalue weighted by molar-refractivity contribution is 8.06. The molecule has 286 valence electrons. The Morgan fingerprint density at radius 2 is 1.31 bits per heavy atom. The minimum atomic E-state index is -1.16. The quantitative estimate of drug-likeness (QED) is 0.0810. The molecule has 0 radical (unpaired) electrons. The summed E-state index contributed by atoms with van der Waals surface area (Å²) in [5.41, 5.74) is 0.621. The highest BCUT2D eigenvalue weighted by Crippen LogP contribution is 2.44. The van der Waals surface area contributed by atoms with Crippen molar-refractivity contribution in [1.29, 1.82) is 0 Å². The first-order valence-corrected chi connectivity index (χ1v) is 19.6. The van der Waals surface area contributed by atoms with Gasteiger partial charge in [0.2, 0.25) is 5.91 Å². The van der Waals surface area contributed by atoms with Crippen LogP contribution in [0.2, 0.25) is 0 Å². The summed E-state index contributed by atoms with van der Waals surface area (Å²) in [4.78, 5) is 69.1. The van der Waals surface area contributed by atoms with E-state index in [9.17, 15) is 24.0 Å². The fourth-order valence-corrected chi connectivity index (χ4v) is 8.19. The summed E-state index contributed by atoms with van der Waals surface area (Å²) in [6, 6.07) is 25.2. The maximum atomic E-state index is 14.3. The van der Waals surface area contributed by atoms with E-state index >= 15 is 0 Å². The van der Waals surface area contributed by atoms with Crippen molar-refractivity contribution < 1.29 is 38.2 Å². The third-order valence-electron chi connectivity index (χ3n) is 7.96. The first-order valence-electron chi connectivity index (χ1n) is 17.5. The molecule has 2 heterocycles. The standard InChI is InChI=1S/C40H46N4O8S2/c1-39(2,3)51-37(48)41-22-23-53-28-24-54-35-30(42-33(45)29(25-16-10-7-11-17-25)43-38(49)52-40(4,5)6)34(46)44(35)31(28)36(47)50-32(26-18-12-8-13-19-26)27-20-14-9-15-21-27/h7-21,29-30,32,35H,22-24H2,1-6H3,(H,41,48)(H,42,45)(H,43,49)/t29?,30-,35+/m1/s1. The molecule has 14 heteroatoms.